The van der Waals surface area contributed by atoms with E-state index >= 15 is 0 Å². The average Bonchev–Trinajstić information content (AvgIpc) is 2.80. The van der Waals surface area contributed by atoms with Crippen LogP contribution in [0.25, 0.3) is 0 Å². The Morgan fingerprint density at radius 2 is 2.39 bits per heavy atom. The van der Waals surface area contributed by atoms with Gasteiger partial charge in [-0.3, -0.25) is 0 Å². The minimum atomic E-state index is -0.101. The van der Waals surface area contributed by atoms with Crippen LogP contribution in [0.4, 0.5) is 4.79 Å². The van der Waals surface area contributed by atoms with Crippen LogP contribution in [0.3, 0.4) is 0 Å². The number of hydrogen-bond acceptors (Lipinski definition) is 3. The van der Waals surface area contributed by atoms with Crippen LogP contribution in [0.15, 0.2) is 12.4 Å². The lowest BCUT2D eigenvalue weighted by atomic mass is 10.4. The normalized spacial score (nSPS) is 10.7. The Balaban J connectivity index is 2.12. The fraction of sp³-hybridized carbons (Fsp3) is 0.667. The molecule has 2 amide bonds. The van der Waals surface area contributed by atoms with Crippen molar-refractivity contribution < 1.29 is 9.53 Å². The van der Waals surface area contributed by atoms with Gasteiger partial charge >= 0.3 is 6.03 Å². The number of nitrogens with zero attached hydrogens (tertiary/aromatic N) is 2. The molecule has 1 heterocycles. The fourth-order valence-electron chi connectivity index (χ4n) is 1.40. The number of carbonyl (C=O) groups excluding carboxylic acids is 1. The van der Waals surface area contributed by atoms with Gasteiger partial charge in [-0.2, -0.15) is 0 Å². The van der Waals surface area contributed by atoms with Crippen LogP contribution < -0.4 is 5.32 Å². The van der Waals surface area contributed by atoms with Crippen molar-refractivity contribution in [3.05, 3.63) is 18.2 Å². The SMILES string of the molecule is CC(C)OCCCNC(=O)N(C)Cc1ncc[nH]1. The van der Waals surface area contributed by atoms with Crippen molar-refractivity contribution in [1.82, 2.24) is 20.2 Å². The van der Waals surface area contributed by atoms with Gasteiger partial charge in [0.1, 0.15) is 5.82 Å². The van der Waals surface area contributed by atoms with E-state index in [1.54, 1.807) is 24.3 Å². The molecular weight excluding hydrogens is 232 g/mol. The summed E-state index contributed by atoms with van der Waals surface area (Å²) >= 11 is 0. The van der Waals surface area contributed by atoms with Gasteiger partial charge in [0.25, 0.3) is 0 Å². The lowest BCUT2D eigenvalue weighted by molar-refractivity contribution is 0.0772. The van der Waals surface area contributed by atoms with Crippen molar-refractivity contribution in [2.24, 2.45) is 0 Å². The van der Waals surface area contributed by atoms with E-state index in [9.17, 15) is 4.79 Å². The largest absolute Gasteiger partial charge is 0.379 e. The zero-order valence-electron chi connectivity index (χ0n) is 11.3. The molecule has 0 unspecified atom stereocenters. The van der Waals surface area contributed by atoms with Gasteiger partial charge in [0.2, 0.25) is 0 Å². The number of nitrogens with one attached hydrogen (secondary N) is 2. The molecule has 2 N–H and O–H groups in total. The predicted octanol–water partition coefficient (Wildman–Crippen LogP) is 1.37. The first-order valence-corrected chi connectivity index (χ1v) is 6.18. The molecule has 1 rings (SSSR count). The molecule has 0 fully saturated rings. The van der Waals surface area contributed by atoms with Crippen LogP contribution in [0.1, 0.15) is 26.1 Å². The third kappa shape index (κ3) is 5.67. The zero-order valence-corrected chi connectivity index (χ0v) is 11.3. The maximum Gasteiger partial charge on any atom is 0.317 e. The summed E-state index contributed by atoms with van der Waals surface area (Å²) < 4.78 is 5.39. The molecule has 0 spiro atoms. The summed E-state index contributed by atoms with van der Waals surface area (Å²) in [7, 11) is 1.74. The molecular formula is C12H22N4O2. The lowest BCUT2D eigenvalue weighted by Gasteiger charge is -2.16. The standard InChI is InChI=1S/C12H22N4O2/c1-10(2)18-8-4-5-15-12(17)16(3)9-11-13-6-7-14-11/h6-7,10H,4-5,8-9H2,1-3H3,(H,13,14)(H,15,17). The molecule has 6 nitrogen and oxygen atoms in total. The molecule has 0 aliphatic carbocycles. The molecule has 0 bridgehead atoms. The van der Waals surface area contributed by atoms with Crippen LogP contribution in [0.2, 0.25) is 0 Å². The first kappa shape index (κ1) is 14.5. The lowest BCUT2D eigenvalue weighted by Crippen LogP contribution is -2.37. The Bertz CT molecular complexity index is 338. The van der Waals surface area contributed by atoms with Gasteiger partial charge in [0.05, 0.1) is 12.6 Å². The smallest absolute Gasteiger partial charge is 0.317 e. The van der Waals surface area contributed by atoms with Crippen LogP contribution in [0.5, 0.6) is 0 Å². The van der Waals surface area contributed by atoms with E-state index in [0.29, 0.717) is 19.7 Å². The van der Waals surface area contributed by atoms with E-state index in [2.05, 4.69) is 15.3 Å². The molecule has 6 heteroatoms. The number of hydrogen-bond donors (Lipinski definition) is 2. The monoisotopic (exact) mass is 254 g/mol. The van der Waals surface area contributed by atoms with Crippen LogP contribution in [-0.2, 0) is 11.3 Å². The van der Waals surface area contributed by atoms with Gasteiger partial charge in [-0.15, -0.1) is 0 Å². The first-order valence-electron chi connectivity index (χ1n) is 6.18. The summed E-state index contributed by atoms with van der Waals surface area (Å²) in [5, 5.41) is 2.83. The van der Waals surface area contributed by atoms with E-state index in [4.69, 9.17) is 4.74 Å². The number of H-pyrrole nitrogens is 1. The number of urea groups is 1. The minimum Gasteiger partial charge on any atom is -0.379 e. The third-order valence-corrected chi connectivity index (χ3v) is 2.34. The van der Waals surface area contributed by atoms with Gasteiger partial charge in [0, 0.05) is 32.6 Å². The highest BCUT2D eigenvalue weighted by atomic mass is 16.5. The van der Waals surface area contributed by atoms with Crippen molar-refractivity contribution in [3.63, 3.8) is 0 Å². The maximum atomic E-state index is 11.7. The van der Waals surface area contributed by atoms with Gasteiger partial charge < -0.3 is 19.9 Å². The van der Waals surface area contributed by atoms with E-state index < -0.39 is 0 Å². The highest BCUT2D eigenvalue weighted by Crippen LogP contribution is 1.96. The fourth-order valence-corrected chi connectivity index (χ4v) is 1.40. The molecule has 0 saturated carbocycles. The second kappa shape index (κ2) is 7.71. The third-order valence-electron chi connectivity index (χ3n) is 2.34. The maximum absolute atomic E-state index is 11.7. The van der Waals surface area contributed by atoms with Crippen LogP contribution in [0, 0.1) is 0 Å². The topological polar surface area (TPSA) is 70.2 Å². The number of aromatic nitrogens is 2. The summed E-state index contributed by atoms with van der Waals surface area (Å²) in [5.74, 6) is 0.774. The molecule has 0 aromatic carbocycles. The average molecular weight is 254 g/mol. The van der Waals surface area contributed by atoms with Crippen molar-refractivity contribution in [2.75, 3.05) is 20.2 Å². The van der Waals surface area contributed by atoms with Crippen molar-refractivity contribution in [2.45, 2.75) is 32.9 Å². The molecule has 0 aliphatic heterocycles. The Labute approximate surface area is 108 Å². The van der Waals surface area contributed by atoms with Gasteiger partial charge in [-0.25, -0.2) is 9.78 Å². The molecule has 0 aliphatic rings. The molecule has 0 atom stereocenters. The van der Waals surface area contributed by atoms with Crippen molar-refractivity contribution >= 4 is 6.03 Å². The summed E-state index contributed by atoms with van der Waals surface area (Å²) in [6.45, 7) is 5.75. The Morgan fingerprint density at radius 1 is 1.61 bits per heavy atom. The van der Waals surface area contributed by atoms with E-state index in [1.165, 1.54) is 0 Å². The highest BCUT2D eigenvalue weighted by molar-refractivity contribution is 5.73. The number of amides is 2. The summed E-state index contributed by atoms with van der Waals surface area (Å²) in [6, 6.07) is -0.101. The van der Waals surface area contributed by atoms with Crippen LogP contribution in [-0.4, -0.2) is 47.2 Å². The predicted molar refractivity (Wildman–Crippen MR) is 69.2 cm³/mol. The van der Waals surface area contributed by atoms with Gasteiger partial charge in [-0.1, -0.05) is 0 Å². The summed E-state index contributed by atoms with van der Waals surface area (Å²) in [6.07, 6.45) is 4.47. The molecule has 102 valence electrons. The second-order valence-electron chi connectivity index (χ2n) is 4.40. The zero-order chi connectivity index (χ0) is 13.4. The number of imidazole rings is 1. The quantitative estimate of drug-likeness (QED) is 0.722. The number of ether oxygens (including phenoxy) is 1. The number of rotatable bonds is 7. The number of carbonyl (C=O) groups is 1. The molecule has 0 radical (unpaired) electrons. The Morgan fingerprint density at radius 3 is 3.00 bits per heavy atom. The summed E-state index contributed by atoms with van der Waals surface area (Å²) in [5.41, 5.74) is 0. The number of aromatic amines is 1. The van der Waals surface area contributed by atoms with Gasteiger partial charge in [0.15, 0.2) is 0 Å². The molecule has 0 saturated heterocycles. The highest BCUT2D eigenvalue weighted by Gasteiger charge is 2.09. The van der Waals surface area contributed by atoms with Gasteiger partial charge in [-0.05, 0) is 20.3 Å². The Kier molecular flexibility index (Phi) is 6.21. The van der Waals surface area contributed by atoms with E-state index in [-0.39, 0.29) is 12.1 Å². The molecule has 1 aromatic heterocycles. The molecule has 18 heavy (non-hydrogen) atoms. The van der Waals surface area contributed by atoms with Crippen molar-refractivity contribution in [3.8, 4) is 0 Å². The molecule has 1 aromatic rings. The first-order chi connectivity index (χ1) is 8.59. The summed E-state index contributed by atoms with van der Waals surface area (Å²) in [4.78, 5) is 20.3. The van der Waals surface area contributed by atoms with Crippen molar-refractivity contribution in [1.29, 1.82) is 0 Å². The Hall–Kier alpha value is -1.56. The van der Waals surface area contributed by atoms with E-state index in [0.717, 1.165) is 12.2 Å². The minimum absolute atomic E-state index is 0.101. The second-order valence-corrected chi connectivity index (χ2v) is 4.40. The van der Waals surface area contributed by atoms with Crippen LogP contribution >= 0.6 is 0 Å². The van der Waals surface area contributed by atoms with E-state index in [1.807, 2.05) is 13.8 Å².